The third-order valence-electron chi connectivity index (χ3n) is 7.36. The summed E-state index contributed by atoms with van der Waals surface area (Å²) in [4.78, 5) is 29.1. The molecule has 42 heavy (non-hydrogen) atoms. The van der Waals surface area contributed by atoms with Gasteiger partial charge >= 0.3 is 0 Å². The first-order valence-electron chi connectivity index (χ1n) is 14.2. The van der Waals surface area contributed by atoms with E-state index in [1.165, 1.54) is 19.1 Å². The van der Waals surface area contributed by atoms with E-state index in [2.05, 4.69) is 0 Å². The summed E-state index contributed by atoms with van der Waals surface area (Å²) in [5, 5.41) is 8.89. The van der Waals surface area contributed by atoms with Crippen molar-refractivity contribution in [2.75, 3.05) is 67.5 Å². The number of carbonyl (C=O) groups is 1. The van der Waals surface area contributed by atoms with Crippen LogP contribution in [0.15, 0.2) is 47.0 Å². The Morgan fingerprint density at radius 2 is 1.76 bits per heavy atom. The van der Waals surface area contributed by atoms with Crippen molar-refractivity contribution in [3.8, 4) is 5.69 Å². The van der Waals surface area contributed by atoms with Gasteiger partial charge in [0, 0.05) is 64.6 Å². The maximum absolute atomic E-state index is 14.1. The van der Waals surface area contributed by atoms with Crippen LogP contribution in [0.2, 0.25) is 0 Å². The topological polar surface area (TPSA) is 123 Å². The SMILES string of the molecule is CCOC1OC(C(=O)N(C)CC(OC)OC)=CC(c2c(C)n(C)n(-c3ccccc3)c2=O)C1CCOCCOCCO. The summed E-state index contributed by atoms with van der Waals surface area (Å²) < 4.78 is 37.3. The molecule has 0 aliphatic carbocycles. The van der Waals surface area contributed by atoms with Gasteiger partial charge in [0.05, 0.1) is 38.7 Å². The maximum Gasteiger partial charge on any atom is 0.288 e. The summed E-state index contributed by atoms with van der Waals surface area (Å²) in [5.74, 6) is -1.11. The smallest absolute Gasteiger partial charge is 0.288 e. The predicted molar refractivity (Wildman–Crippen MR) is 155 cm³/mol. The molecule has 0 saturated carbocycles. The largest absolute Gasteiger partial charge is 0.459 e. The van der Waals surface area contributed by atoms with Crippen molar-refractivity contribution in [2.45, 2.75) is 38.8 Å². The Bertz CT molecular complexity index is 1210. The molecule has 2 heterocycles. The van der Waals surface area contributed by atoms with Gasteiger partial charge in [0.1, 0.15) is 0 Å². The van der Waals surface area contributed by atoms with Crippen molar-refractivity contribution >= 4 is 5.91 Å². The van der Waals surface area contributed by atoms with E-state index in [0.717, 1.165) is 11.4 Å². The molecule has 1 N–H and O–H groups in total. The van der Waals surface area contributed by atoms with E-state index in [0.29, 0.717) is 38.4 Å². The number of benzene rings is 1. The van der Waals surface area contributed by atoms with E-state index in [-0.39, 0.29) is 42.9 Å². The van der Waals surface area contributed by atoms with E-state index >= 15 is 0 Å². The molecule has 1 aliphatic heterocycles. The number of nitrogens with zero attached hydrogens (tertiary/aromatic N) is 3. The molecule has 1 aromatic carbocycles. The number of aliphatic hydroxyl groups is 1. The van der Waals surface area contributed by atoms with Gasteiger partial charge in [-0.25, -0.2) is 4.68 Å². The van der Waals surface area contributed by atoms with E-state index in [4.69, 9.17) is 33.5 Å². The summed E-state index contributed by atoms with van der Waals surface area (Å²) >= 11 is 0. The first kappa shape index (κ1) is 33.5. The molecular formula is C30H45N3O9. The third-order valence-corrected chi connectivity index (χ3v) is 7.36. The number of aliphatic hydroxyl groups excluding tert-OH is 1. The number of methoxy groups -OCH3 is 2. The van der Waals surface area contributed by atoms with Crippen LogP contribution in [-0.4, -0.2) is 105 Å². The third kappa shape index (κ3) is 8.09. The minimum Gasteiger partial charge on any atom is -0.459 e. The van der Waals surface area contributed by atoms with Crippen molar-refractivity contribution in [2.24, 2.45) is 13.0 Å². The van der Waals surface area contributed by atoms with Crippen LogP contribution in [0, 0.1) is 12.8 Å². The van der Waals surface area contributed by atoms with Gasteiger partial charge in [0.15, 0.2) is 12.0 Å². The molecule has 3 atom stereocenters. The molecule has 12 heteroatoms. The molecule has 0 bridgehead atoms. The Hall–Kier alpha value is -3.00. The summed E-state index contributed by atoms with van der Waals surface area (Å²) in [6.45, 7) is 5.55. The number of carbonyl (C=O) groups excluding carboxylic acids is 1. The number of rotatable bonds is 17. The van der Waals surface area contributed by atoms with E-state index in [1.54, 1.807) is 17.8 Å². The number of para-hydroxylation sites is 1. The Labute approximate surface area is 247 Å². The molecule has 1 aliphatic rings. The quantitative estimate of drug-likeness (QED) is 0.217. The van der Waals surface area contributed by atoms with Crippen molar-refractivity contribution < 1.29 is 38.3 Å². The van der Waals surface area contributed by atoms with Crippen molar-refractivity contribution in [1.82, 2.24) is 14.3 Å². The van der Waals surface area contributed by atoms with Crippen LogP contribution < -0.4 is 5.56 Å². The number of ether oxygens (including phenoxy) is 6. The highest BCUT2D eigenvalue weighted by molar-refractivity contribution is 5.91. The maximum atomic E-state index is 14.1. The lowest BCUT2D eigenvalue weighted by Crippen LogP contribution is -2.42. The van der Waals surface area contributed by atoms with E-state index in [1.807, 2.05) is 55.9 Å². The first-order valence-corrected chi connectivity index (χ1v) is 14.2. The van der Waals surface area contributed by atoms with Gasteiger partial charge in [0.2, 0.25) is 6.29 Å². The zero-order chi connectivity index (χ0) is 30.6. The number of hydrogen-bond donors (Lipinski definition) is 1. The standard InChI is InChI=1S/C30H45N3O9/c1-7-41-30-23(13-15-39-17-18-40-16-14-34)24(19-25(42-30)28(35)31(3)20-26(37-5)38-6)27-21(2)32(4)33(29(27)36)22-11-9-8-10-12-22/h8-12,19,23-24,26,30,34H,7,13-18,20H2,1-6H3. The second kappa shape index (κ2) is 16.6. The molecule has 234 valence electrons. The molecule has 1 amide bonds. The predicted octanol–water partition coefficient (Wildman–Crippen LogP) is 1.95. The fourth-order valence-corrected chi connectivity index (χ4v) is 5.08. The van der Waals surface area contributed by atoms with E-state index < -0.39 is 18.5 Å². The molecule has 1 aromatic heterocycles. The van der Waals surface area contributed by atoms with Crippen LogP contribution in [0.5, 0.6) is 0 Å². The summed E-state index contributed by atoms with van der Waals surface area (Å²) in [7, 11) is 6.49. The van der Waals surface area contributed by atoms with Crippen LogP contribution >= 0.6 is 0 Å². The summed E-state index contributed by atoms with van der Waals surface area (Å²) in [5.41, 5.74) is 1.89. The van der Waals surface area contributed by atoms with Crippen LogP contribution in [0.1, 0.15) is 30.5 Å². The number of amides is 1. The highest BCUT2D eigenvalue weighted by atomic mass is 16.7. The molecule has 0 spiro atoms. The van der Waals surface area contributed by atoms with Gasteiger partial charge in [-0.2, -0.15) is 0 Å². The van der Waals surface area contributed by atoms with Gasteiger partial charge in [-0.05, 0) is 38.5 Å². The zero-order valence-electron chi connectivity index (χ0n) is 25.5. The highest BCUT2D eigenvalue weighted by Crippen LogP contribution is 2.39. The lowest BCUT2D eigenvalue weighted by atomic mass is 9.81. The number of allylic oxidation sites excluding steroid dienone is 1. The number of hydrogen-bond acceptors (Lipinski definition) is 9. The zero-order valence-corrected chi connectivity index (χ0v) is 25.5. The molecular weight excluding hydrogens is 546 g/mol. The molecule has 12 nitrogen and oxygen atoms in total. The molecule has 3 rings (SSSR count). The minimum absolute atomic E-state index is 0.0474. The number of aromatic nitrogens is 2. The second-order valence-corrected chi connectivity index (χ2v) is 9.96. The van der Waals surface area contributed by atoms with Gasteiger partial charge in [0.25, 0.3) is 11.5 Å². The molecule has 0 saturated heterocycles. The average molecular weight is 592 g/mol. The summed E-state index contributed by atoms with van der Waals surface area (Å²) in [6.07, 6.45) is 0.827. The summed E-state index contributed by atoms with van der Waals surface area (Å²) in [6, 6.07) is 9.42. The van der Waals surface area contributed by atoms with Crippen molar-refractivity contribution in [1.29, 1.82) is 0 Å². The monoisotopic (exact) mass is 591 g/mol. The Morgan fingerprint density at radius 1 is 1.10 bits per heavy atom. The van der Waals surface area contributed by atoms with Gasteiger partial charge in [-0.15, -0.1) is 0 Å². The van der Waals surface area contributed by atoms with Crippen molar-refractivity contribution in [3.05, 3.63) is 63.8 Å². The van der Waals surface area contributed by atoms with Crippen LogP contribution in [-0.2, 0) is 40.3 Å². The number of likely N-dealkylation sites (N-methyl/N-ethyl adjacent to an activating group) is 1. The lowest BCUT2D eigenvalue weighted by Gasteiger charge is -2.37. The van der Waals surface area contributed by atoms with Gasteiger partial charge in [-0.3, -0.25) is 14.3 Å². The van der Waals surface area contributed by atoms with E-state index in [9.17, 15) is 9.59 Å². The fraction of sp³-hybridized carbons (Fsp3) is 0.600. The molecule has 3 unspecified atom stereocenters. The Morgan fingerprint density at radius 3 is 2.38 bits per heavy atom. The molecule has 0 fully saturated rings. The fourth-order valence-electron chi connectivity index (χ4n) is 5.08. The normalized spacial score (nSPS) is 18.7. The molecule has 0 radical (unpaired) electrons. The first-order chi connectivity index (χ1) is 20.3. The highest BCUT2D eigenvalue weighted by Gasteiger charge is 2.41. The van der Waals surface area contributed by atoms with Gasteiger partial charge < -0.3 is 38.4 Å². The minimum atomic E-state index is -0.795. The van der Waals surface area contributed by atoms with Crippen LogP contribution in [0.3, 0.4) is 0 Å². The Kier molecular flexibility index (Phi) is 13.2. The lowest BCUT2D eigenvalue weighted by molar-refractivity contribution is -0.174. The average Bonchev–Trinajstić information content (AvgIpc) is 3.22. The molecule has 2 aromatic rings. The van der Waals surface area contributed by atoms with Gasteiger partial charge in [-0.1, -0.05) is 18.2 Å². The van der Waals surface area contributed by atoms with Crippen LogP contribution in [0.4, 0.5) is 0 Å². The van der Waals surface area contributed by atoms with Crippen molar-refractivity contribution in [3.63, 3.8) is 0 Å². The Balaban J connectivity index is 2.02. The van der Waals surface area contributed by atoms with Crippen LogP contribution in [0.25, 0.3) is 5.69 Å². The second-order valence-electron chi connectivity index (χ2n) is 9.96.